The molecule has 0 aromatic heterocycles. The quantitative estimate of drug-likeness (QED) is 0.415. The molecular weight excluding hydrogens is 146 g/mol. The number of nitrogens with zero attached hydrogens (tertiary/aromatic N) is 1. The van der Waals surface area contributed by atoms with Gasteiger partial charge in [-0.25, -0.2) is 10.3 Å². The number of nitrogens with one attached hydrogen (secondary N) is 2. The molecule has 0 atom stereocenters. The molecule has 0 spiro atoms. The third-order valence-corrected chi connectivity index (χ3v) is 1.57. The van der Waals surface area contributed by atoms with E-state index in [2.05, 4.69) is 15.6 Å². The minimum Gasteiger partial charge on any atom is -0.336 e. The van der Waals surface area contributed by atoms with Crippen LogP contribution in [0.4, 0.5) is 4.79 Å². The van der Waals surface area contributed by atoms with Crippen molar-refractivity contribution >= 4 is 6.03 Å². The lowest BCUT2D eigenvalue weighted by Gasteiger charge is -2.12. The molecule has 0 aromatic rings. The second-order valence-electron chi connectivity index (χ2n) is 2.32. The monoisotopic (exact) mass is 159 g/mol. The fourth-order valence-electron chi connectivity index (χ4n) is 1.01. The zero-order valence-corrected chi connectivity index (χ0v) is 6.59. The van der Waals surface area contributed by atoms with Crippen LogP contribution in [-0.2, 0) is 4.84 Å². The lowest BCUT2D eigenvalue weighted by molar-refractivity contribution is 0.0867. The minimum absolute atomic E-state index is 0.0166. The zero-order valence-electron chi connectivity index (χ0n) is 6.59. The van der Waals surface area contributed by atoms with E-state index >= 15 is 0 Å². The molecule has 0 unspecified atom stereocenters. The molecule has 1 heterocycles. The van der Waals surface area contributed by atoms with Crippen molar-refractivity contribution in [2.24, 2.45) is 0 Å². The molecular formula is C6H13N3O2. The molecule has 0 bridgehead atoms. The predicted molar refractivity (Wildman–Crippen MR) is 40.0 cm³/mol. The van der Waals surface area contributed by atoms with E-state index in [0.29, 0.717) is 13.1 Å². The zero-order chi connectivity index (χ0) is 8.10. The first-order valence-corrected chi connectivity index (χ1v) is 3.63. The van der Waals surface area contributed by atoms with Gasteiger partial charge < -0.3 is 15.1 Å². The third-order valence-electron chi connectivity index (χ3n) is 1.57. The minimum atomic E-state index is 0.0166. The van der Waals surface area contributed by atoms with Crippen LogP contribution in [0.2, 0.25) is 0 Å². The third kappa shape index (κ3) is 2.36. The van der Waals surface area contributed by atoms with Crippen LogP contribution in [0.5, 0.6) is 0 Å². The molecule has 5 heteroatoms. The first kappa shape index (κ1) is 8.29. The summed E-state index contributed by atoms with van der Waals surface area (Å²) in [6.07, 6.45) is 0. The number of rotatable bonds is 4. The van der Waals surface area contributed by atoms with Gasteiger partial charge in [-0.3, -0.25) is 0 Å². The molecule has 1 aliphatic rings. The Labute approximate surface area is 65.6 Å². The second-order valence-corrected chi connectivity index (χ2v) is 2.32. The summed E-state index contributed by atoms with van der Waals surface area (Å²) in [5, 5.41) is 2.71. The van der Waals surface area contributed by atoms with Gasteiger partial charge in [0.25, 0.3) is 0 Å². The Hall–Kier alpha value is -0.810. The lowest BCUT2D eigenvalue weighted by Crippen LogP contribution is -2.34. The Morgan fingerprint density at radius 1 is 1.82 bits per heavy atom. The van der Waals surface area contributed by atoms with Crippen LogP contribution in [0.1, 0.15) is 0 Å². The Morgan fingerprint density at radius 3 is 3.18 bits per heavy atom. The van der Waals surface area contributed by atoms with Gasteiger partial charge in [0.15, 0.2) is 0 Å². The highest BCUT2D eigenvalue weighted by molar-refractivity contribution is 5.76. The normalized spacial score (nSPS) is 17.2. The van der Waals surface area contributed by atoms with Gasteiger partial charge in [0.05, 0.1) is 7.11 Å². The highest BCUT2D eigenvalue weighted by atomic mass is 16.6. The fourth-order valence-corrected chi connectivity index (χ4v) is 1.01. The largest absolute Gasteiger partial charge is 0.336 e. The summed E-state index contributed by atoms with van der Waals surface area (Å²) in [5.74, 6) is 0. The molecule has 0 radical (unpaired) electrons. The van der Waals surface area contributed by atoms with Crippen LogP contribution in [0.25, 0.3) is 0 Å². The molecule has 1 fully saturated rings. The van der Waals surface area contributed by atoms with Gasteiger partial charge in [-0.1, -0.05) is 0 Å². The molecule has 2 amide bonds. The van der Waals surface area contributed by atoms with Crippen LogP contribution >= 0.6 is 0 Å². The highest BCUT2D eigenvalue weighted by Crippen LogP contribution is 1.93. The number of hydroxylamine groups is 1. The van der Waals surface area contributed by atoms with E-state index in [1.807, 2.05) is 0 Å². The van der Waals surface area contributed by atoms with Crippen molar-refractivity contribution in [2.45, 2.75) is 0 Å². The number of hydrogen-bond donors (Lipinski definition) is 2. The van der Waals surface area contributed by atoms with Crippen molar-refractivity contribution in [3.8, 4) is 0 Å². The predicted octanol–water partition coefficient (Wildman–Crippen LogP) is -0.837. The van der Waals surface area contributed by atoms with Crippen LogP contribution in [0.15, 0.2) is 0 Å². The smallest absolute Gasteiger partial charge is 0.317 e. The summed E-state index contributed by atoms with van der Waals surface area (Å²) in [5.41, 5.74) is 2.67. The Bertz CT molecular complexity index is 140. The molecule has 0 saturated carbocycles. The van der Waals surface area contributed by atoms with Crippen molar-refractivity contribution in [3.63, 3.8) is 0 Å². The second kappa shape index (κ2) is 4.15. The summed E-state index contributed by atoms with van der Waals surface area (Å²) < 4.78 is 0. The van der Waals surface area contributed by atoms with E-state index in [1.165, 1.54) is 0 Å². The standard InChI is InChI=1S/C6H13N3O2/c1-11-8-3-5-9-4-2-7-6(9)10/h8H,2-5H2,1H3,(H,7,10). The van der Waals surface area contributed by atoms with Gasteiger partial charge in [-0.15, -0.1) is 0 Å². The Kier molecular flexibility index (Phi) is 3.13. The van der Waals surface area contributed by atoms with Gasteiger partial charge in [0, 0.05) is 26.2 Å². The fraction of sp³-hybridized carbons (Fsp3) is 0.833. The molecule has 1 saturated heterocycles. The maximum Gasteiger partial charge on any atom is 0.317 e. The van der Waals surface area contributed by atoms with Crippen molar-refractivity contribution in [3.05, 3.63) is 0 Å². The van der Waals surface area contributed by atoms with E-state index in [1.54, 1.807) is 12.0 Å². The maximum absolute atomic E-state index is 10.9. The number of amides is 2. The molecule has 2 N–H and O–H groups in total. The molecule has 11 heavy (non-hydrogen) atoms. The summed E-state index contributed by atoms with van der Waals surface area (Å²) in [4.78, 5) is 17.3. The van der Waals surface area contributed by atoms with E-state index in [-0.39, 0.29) is 6.03 Å². The maximum atomic E-state index is 10.9. The summed E-state index contributed by atoms with van der Waals surface area (Å²) in [6, 6.07) is 0.0166. The van der Waals surface area contributed by atoms with Crippen molar-refractivity contribution in [2.75, 3.05) is 33.3 Å². The van der Waals surface area contributed by atoms with Gasteiger partial charge in [0.1, 0.15) is 0 Å². The SMILES string of the molecule is CONCCN1CCNC1=O. The summed E-state index contributed by atoms with van der Waals surface area (Å²) in [7, 11) is 1.56. The Balaban J connectivity index is 2.10. The van der Waals surface area contributed by atoms with Gasteiger partial charge in [-0.05, 0) is 0 Å². The number of carbonyl (C=O) groups is 1. The molecule has 1 aliphatic heterocycles. The number of urea groups is 1. The lowest BCUT2D eigenvalue weighted by atomic mass is 10.5. The van der Waals surface area contributed by atoms with Gasteiger partial charge in [-0.2, -0.15) is 0 Å². The average Bonchev–Trinajstić information content (AvgIpc) is 2.37. The van der Waals surface area contributed by atoms with E-state index in [9.17, 15) is 4.79 Å². The number of carbonyl (C=O) groups excluding carboxylic acids is 1. The topological polar surface area (TPSA) is 53.6 Å². The molecule has 0 aromatic carbocycles. The van der Waals surface area contributed by atoms with Gasteiger partial charge in [0.2, 0.25) is 0 Å². The first-order valence-electron chi connectivity index (χ1n) is 3.63. The molecule has 5 nitrogen and oxygen atoms in total. The van der Waals surface area contributed by atoms with Crippen LogP contribution in [-0.4, -0.2) is 44.2 Å². The van der Waals surface area contributed by atoms with Crippen LogP contribution < -0.4 is 10.8 Å². The first-order chi connectivity index (χ1) is 5.34. The van der Waals surface area contributed by atoms with Crippen molar-refractivity contribution in [1.82, 2.24) is 15.7 Å². The van der Waals surface area contributed by atoms with E-state index in [0.717, 1.165) is 13.1 Å². The highest BCUT2D eigenvalue weighted by Gasteiger charge is 2.17. The van der Waals surface area contributed by atoms with E-state index < -0.39 is 0 Å². The van der Waals surface area contributed by atoms with Crippen LogP contribution in [0.3, 0.4) is 0 Å². The summed E-state index contributed by atoms with van der Waals surface area (Å²) in [6.45, 7) is 2.92. The average molecular weight is 159 g/mol. The Morgan fingerprint density at radius 2 is 2.64 bits per heavy atom. The van der Waals surface area contributed by atoms with Crippen LogP contribution in [0, 0.1) is 0 Å². The van der Waals surface area contributed by atoms with Crippen molar-refractivity contribution in [1.29, 1.82) is 0 Å². The molecule has 64 valence electrons. The van der Waals surface area contributed by atoms with E-state index in [4.69, 9.17) is 0 Å². The number of hydrogen-bond acceptors (Lipinski definition) is 3. The molecule has 0 aliphatic carbocycles. The van der Waals surface area contributed by atoms with Gasteiger partial charge >= 0.3 is 6.03 Å². The van der Waals surface area contributed by atoms with Crippen molar-refractivity contribution < 1.29 is 9.63 Å². The summed E-state index contributed by atoms with van der Waals surface area (Å²) >= 11 is 0. The molecule has 1 rings (SSSR count).